The molecule has 0 aromatic rings. The van der Waals surface area contributed by atoms with Crippen LogP contribution in [0.1, 0.15) is 13.8 Å². The molecular formula is C5H14N4O3. The van der Waals surface area contributed by atoms with Crippen LogP contribution in [0.4, 0.5) is 0 Å². The summed E-state index contributed by atoms with van der Waals surface area (Å²) in [5.74, 6) is 0.162. The first-order chi connectivity index (χ1) is 5.45. The zero-order chi connectivity index (χ0) is 10.1. The number of guanidine groups is 1. The number of rotatable bonds is 2. The molecule has 12 heavy (non-hydrogen) atoms. The Morgan fingerprint density at radius 3 is 1.92 bits per heavy atom. The largest absolute Gasteiger partial charge is 0.370 e. The Hall–Kier alpha value is -1.53. The average Bonchev–Trinajstić information content (AvgIpc) is 1.87. The number of nitrogens with zero attached hydrogens (tertiary/aromatic N) is 2. The Morgan fingerprint density at radius 2 is 1.92 bits per heavy atom. The Labute approximate surface area is 70.4 Å². The Balaban J connectivity index is 0. The molecule has 0 aromatic heterocycles. The summed E-state index contributed by atoms with van der Waals surface area (Å²) in [5, 5.41) is 20.6. The van der Waals surface area contributed by atoms with Crippen LogP contribution in [-0.4, -0.2) is 34.2 Å². The lowest BCUT2D eigenvalue weighted by atomic mass is 10.5. The van der Waals surface area contributed by atoms with Crippen molar-refractivity contribution in [2.45, 2.75) is 13.8 Å². The van der Waals surface area contributed by atoms with Gasteiger partial charge in [-0.2, -0.15) is 0 Å². The van der Waals surface area contributed by atoms with E-state index in [1.165, 1.54) is 0 Å². The first-order valence-electron chi connectivity index (χ1n) is 3.37. The van der Waals surface area contributed by atoms with Gasteiger partial charge in [0.05, 0.1) is 0 Å². The van der Waals surface area contributed by atoms with Gasteiger partial charge in [0.15, 0.2) is 5.96 Å². The van der Waals surface area contributed by atoms with Crippen LogP contribution >= 0.6 is 0 Å². The second-order valence-corrected chi connectivity index (χ2v) is 1.80. The normalized spacial score (nSPS) is 7.83. The van der Waals surface area contributed by atoms with E-state index in [9.17, 15) is 0 Å². The molecule has 0 saturated heterocycles. The number of nitrogens with two attached hydrogens (primary N) is 1. The summed E-state index contributed by atoms with van der Waals surface area (Å²) >= 11 is 0. The van der Waals surface area contributed by atoms with Crippen LogP contribution in [0.2, 0.25) is 0 Å². The molecule has 0 spiro atoms. The van der Waals surface area contributed by atoms with E-state index in [-0.39, 0.29) is 5.96 Å². The second kappa shape index (κ2) is 7.58. The third kappa shape index (κ3) is 11.3. The molecule has 0 aliphatic rings. The lowest BCUT2D eigenvalue weighted by Gasteiger charge is -2.16. The van der Waals surface area contributed by atoms with Gasteiger partial charge in [-0.25, -0.2) is 0 Å². The standard InChI is InChI=1S/C5H13N3.HNO3/c1-3-8(4-2)5(6)7;2-1(3)4/h3-4H2,1-2H3,(H3,6,7);(H,2,3,4). The molecule has 0 atom stereocenters. The highest BCUT2D eigenvalue weighted by atomic mass is 16.9. The highest BCUT2D eigenvalue weighted by Gasteiger charge is 1.96. The first-order valence-corrected chi connectivity index (χ1v) is 3.37. The number of hydrogen-bond acceptors (Lipinski definition) is 3. The molecule has 0 heterocycles. The summed E-state index contributed by atoms with van der Waals surface area (Å²) in [6, 6.07) is 0. The predicted octanol–water partition coefficient (Wildman–Crippen LogP) is -0.126. The van der Waals surface area contributed by atoms with Crippen molar-refractivity contribution in [3.05, 3.63) is 10.1 Å². The van der Waals surface area contributed by atoms with E-state index in [1.807, 2.05) is 13.8 Å². The van der Waals surface area contributed by atoms with Crippen molar-refractivity contribution in [2.75, 3.05) is 13.1 Å². The van der Waals surface area contributed by atoms with Crippen molar-refractivity contribution in [3.63, 3.8) is 0 Å². The van der Waals surface area contributed by atoms with Gasteiger partial charge in [-0.3, -0.25) is 5.41 Å². The zero-order valence-corrected chi connectivity index (χ0v) is 7.15. The van der Waals surface area contributed by atoms with Crippen LogP contribution in [0.3, 0.4) is 0 Å². The smallest absolute Gasteiger partial charge is 0.291 e. The topological polar surface area (TPSA) is 116 Å². The number of nitrogens with one attached hydrogen (secondary N) is 1. The Morgan fingerprint density at radius 1 is 1.67 bits per heavy atom. The van der Waals surface area contributed by atoms with Crippen molar-refractivity contribution < 1.29 is 10.3 Å². The summed E-state index contributed by atoms with van der Waals surface area (Å²) < 4.78 is 0. The van der Waals surface area contributed by atoms with Crippen molar-refractivity contribution in [1.29, 1.82) is 5.41 Å². The minimum atomic E-state index is -1.50. The molecule has 0 aliphatic heterocycles. The highest BCUT2D eigenvalue weighted by molar-refractivity contribution is 5.74. The Kier molecular flexibility index (Phi) is 8.26. The minimum absolute atomic E-state index is 0.162. The second-order valence-electron chi connectivity index (χ2n) is 1.80. The molecule has 0 amide bonds. The van der Waals surface area contributed by atoms with Crippen LogP contribution in [-0.2, 0) is 0 Å². The third-order valence-corrected chi connectivity index (χ3v) is 1.10. The van der Waals surface area contributed by atoms with Crippen molar-refractivity contribution in [2.24, 2.45) is 5.73 Å². The fourth-order valence-electron chi connectivity index (χ4n) is 0.564. The average molecular weight is 178 g/mol. The summed E-state index contributed by atoms with van der Waals surface area (Å²) in [4.78, 5) is 10.1. The van der Waals surface area contributed by atoms with E-state index in [0.29, 0.717) is 0 Å². The molecule has 7 nitrogen and oxygen atoms in total. The van der Waals surface area contributed by atoms with Gasteiger partial charge in [-0.15, -0.1) is 10.1 Å². The van der Waals surface area contributed by atoms with E-state index in [0.717, 1.165) is 13.1 Å². The minimum Gasteiger partial charge on any atom is -0.370 e. The fraction of sp³-hybridized carbons (Fsp3) is 0.800. The molecule has 0 radical (unpaired) electrons. The maximum Gasteiger partial charge on any atom is 0.291 e. The summed E-state index contributed by atoms with van der Waals surface area (Å²) in [7, 11) is 0. The molecule has 7 heteroatoms. The van der Waals surface area contributed by atoms with Gasteiger partial charge < -0.3 is 15.8 Å². The first kappa shape index (κ1) is 13.1. The van der Waals surface area contributed by atoms with Gasteiger partial charge in [-0.05, 0) is 13.8 Å². The molecular weight excluding hydrogens is 164 g/mol. The molecule has 0 aromatic carbocycles. The van der Waals surface area contributed by atoms with Gasteiger partial charge in [0.1, 0.15) is 0 Å². The molecule has 0 aliphatic carbocycles. The van der Waals surface area contributed by atoms with Gasteiger partial charge in [0, 0.05) is 13.1 Å². The molecule has 0 saturated carbocycles. The lowest BCUT2D eigenvalue weighted by Crippen LogP contribution is -2.35. The quantitative estimate of drug-likeness (QED) is 0.236. The highest BCUT2D eigenvalue weighted by Crippen LogP contribution is 1.81. The van der Waals surface area contributed by atoms with Gasteiger partial charge >= 0.3 is 0 Å². The Bertz CT molecular complexity index is 142. The van der Waals surface area contributed by atoms with E-state index in [1.54, 1.807) is 4.90 Å². The van der Waals surface area contributed by atoms with E-state index in [4.69, 9.17) is 26.5 Å². The van der Waals surface area contributed by atoms with Crippen molar-refractivity contribution in [3.8, 4) is 0 Å². The molecule has 0 rings (SSSR count). The molecule has 0 fully saturated rings. The van der Waals surface area contributed by atoms with Gasteiger partial charge in [0.25, 0.3) is 5.09 Å². The summed E-state index contributed by atoms with van der Waals surface area (Å²) in [6.45, 7) is 5.60. The molecule has 72 valence electrons. The predicted molar refractivity (Wildman–Crippen MR) is 43.6 cm³/mol. The third-order valence-electron chi connectivity index (χ3n) is 1.10. The zero-order valence-electron chi connectivity index (χ0n) is 7.15. The number of hydrogen-bond donors (Lipinski definition) is 3. The van der Waals surface area contributed by atoms with Crippen molar-refractivity contribution >= 4 is 5.96 Å². The van der Waals surface area contributed by atoms with Crippen LogP contribution in [0, 0.1) is 15.5 Å². The summed E-state index contributed by atoms with van der Waals surface area (Å²) in [5.41, 5.74) is 5.17. The van der Waals surface area contributed by atoms with Crippen LogP contribution in [0.5, 0.6) is 0 Å². The van der Waals surface area contributed by atoms with Crippen LogP contribution < -0.4 is 5.73 Å². The van der Waals surface area contributed by atoms with Gasteiger partial charge in [0.2, 0.25) is 0 Å². The molecule has 0 bridgehead atoms. The molecule has 4 N–H and O–H groups in total. The molecule has 0 unspecified atom stereocenters. The lowest BCUT2D eigenvalue weighted by molar-refractivity contribution is -0.742. The van der Waals surface area contributed by atoms with Crippen LogP contribution in [0.25, 0.3) is 0 Å². The maximum absolute atomic E-state index is 8.36. The van der Waals surface area contributed by atoms with Crippen molar-refractivity contribution in [1.82, 2.24) is 4.90 Å². The fourth-order valence-corrected chi connectivity index (χ4v) is 0.564. The monoisotopic (exact) mass is 178 g/mol. The van der Waals surface area contributed by atoms with E-state index >= 15 is 0 Å². The maximum atomic E-state index is 8.36. The van der Waals surface area contributed by atoms with Crippen LogP contribution in [0.15, 0.2) is 0 Å². The SMILES string of the molecule is CCN(CC)C(=N)N.O=[N+]([O-])O. The van der Waals surface area contributed by atoms with E-state index < -0.39 is 5.09 Å². The summed E-state index contributed by atoms with van der Waals surface area (Å²) in [6.07, 6.45) is 0. The van der Waals surface area contributed by atoms with E-state index in [2.05, 4.69) is 0 Å². The van der Waals surface area contributed by atoms with Gasteiger partial charge in [-0.1, -0.05) is 0 Å².